The third kappa shape index (κ3) is 4.79. The van der Waals surface area contributed by atoms with Gasteiger partial charge in [-0.15, -0.1) is 0 Å². The van der Waals surface area contributed by atoms with Gasteiger partial charge >= 0.3 is 11.9 Å². The lowest BCUT2D eigenvalue weighted by atomic mass is 9.73. The van der Waals surface area contributed by atoms with Crippen molar-refractivity contribution in [2.75, 3.05) is 7.11 Å². The number of nitrogens with zero attached hydrogens (tertiary/aromatic N) is 1. The standard InChI is InChI=1S/C30H33NO6/c1-30(37-29(35)20-11-6-7-12-20)27(33)24-18-31(21-15-16-21)22(13-8-14-25(32)36-2)17-23(24)26(28(30)34)19-9-4-3-5-10-19/h3-5,9-10,17-18,20-21H,6-8,11-16H2,1-2H3. The van der Waals surface area contributed by atoms with Gasteiger partial charge in [0.1, 0.15) is 0 Å². The van der Waals surface area contributed by atoms with E-state index in [1.54, 1.807) is 0 Å². The lowest BCUT2D eigenvalue weighted by Gasteiger charge is -2.38. The number of esters is 2. The zero-order valence-electron chi connectivity index (χ0n) is 21.5. The van der Waals surface area contributed by atoms with Crippen LogP contribution in [-0.2, 0) is 28.7 Å². The molecule has 4 aliphatic rings. The number of methoxy groups -OCH3 is 1. The quantitative estimate of drug-likeness (QED) is 0.376. The van der Waals surface area contributed by atoms with E-state index < -0.39 is 23.1 Å². The molecule has 0 amide bonds. The molecule has 1 heterocycles. The van der Waals surface area contributed by atoms with Gasteiger partial charge in [0.25, 0.3) is 0 Å². The van der Waals surface area contributed by atoms with Crippen LogP contribution in [0.3, 0.4) is 0 Å². The summed E-state index contributed by atoms with van der Waals surface area (Å²) >= 11 is 0. The van der Waals surface area contributed by atoms with Crippen molar-refractivity contribution in [3.8, 4) is 0 Å². The highest BCUT2D eigenvalue weighted by Gasteiger charge is 2.54. The zero-order chi connectivity index (χ0) is 26.2. The van der Waals surface area contributed by atoms with E-state index in [1.807, 2.05) is 42.6 Å². The highest BCUT2D eigenvalue weighted by Crippen LogP contribution is 2.45. The highest BCUT2D eigenvalue weighted by atomic mass is 16.6. The van der Waals surface area contributed by atoms with Gasteiger partial charge in [-0.1, -0.05) is 43.2 Å². The Morgan fingerprint density at radius 3 is 2.38 bits per heavy atom. The van der Waals surface area contributed by atoms with E-state index in [0.717, 1.165) is 44.2 Å². The van der Waals surface area contributed by atoms with Gasteiger partial charge in [-0.3, -0.25) is 19.2 Å². The summed E-state index contributed by atoms with van der Waals surface area (Å²) in [6.07, 6.45) is 10.6. The van der Waals surface area contributed by atoms with Crippen molar-refractivity contribution < 1.29 is 28.7 Å². The summed E-state index contributed by atoms with van der Waals surface area (Å²) in [4.78, 5) is 54.8. The molecule has 7 nitrogen and oxygen atoms in total. The molecule has 1 unspecified atom stereocenters. The van der Waals surface area contributed by atoms with Gasteiger partial charge in [0.05, 0.1) is 13.0 Å². The monoisotopic (exact) mass is 503 g/mol. The smallest absolute Gasteiger partial charge is 0.310 e. The third-order valence-electron chi connectivity index (χ3n) is 7.85. The summed E-state index contributed by atoms with van der Waals surface area (Å²) in [6.45, 7) is 1.45. The molecule has 37 heavy (non-hydrogen) atoms. The molecule has 2 saturated carbocycles. The number of hydrogen-bond acceptors (Lipinski definition) is 7. The second-order valence-electron chi connectivity index (χ2n) is 10.5. The van der Waals surface area contributed by atoms with Crippen molar-refractivity contribution in [3.63, 3.8) is 0 Å². The van der Waals surface area contributed by atoms with Crippen LogP contribution in [-0.4, -0.2) is 47.2 Å². The first-order valence-corrected chi connectivity index (χ1v) is 13.2. The Labute approximate surface area is 217 Å². The fourth-order valence-electron chi connectivity index (χ4n) is 5.56. The van der Waals surface area contributed by atoms with E-state index in [0.29, 0.717) is 41.5 Å². The summed E-state index contributed by atoms with van der Waals surface area (Å²) in [7, 11) is 1.38. The first-order valence-electron chi connectivity index (χ1n) is 13.2. The summed E-state index contributed by atoms with van der Waals surface area (Å²) in [5.41, 5.74) is 1.06. The van der Waals surface area contributed by atoms with Crippen molar-refractivity contribution in [2.24, 2.45) is 5.92 Å². The summed E-state index contributed by atoms with van der Waals surface area (Å²) < 4.78 is 10.6. The molecule has 0 saturated heterocycles. The molecule has 0 bridgehead atoms. The lowest BCUT2D eigenvalue weighted by molar-refractivity contribution is -0.171. The van der Waals surface area contributed by atoms with Crippen LogP contribution in [0.15, 0.2) is 59.5 Å². The van der Waals surface area contributed by atoms with Gasteiger partial charge < -0.3 is 14.4 Å². The fraction of sp³-hybridized carbons (Fsp3) is 0.467. The molecule has 3 aliphatic carbocycles. The molecule has 1 aliphatic heterocycles. The zero-order valence-corrected chi connectivity index (χ0v) is 21.5. The molecule has 1 atom stereocenters. The number of ketones is 2. The highest BCUT2D eigenvalue weighted by molar-refractivity contribution is 6.40. The SMILES string of the molecule is COC(=O)CCCC1=CC2=C(c3ccccc3)C(=O)C(C)(OC(=O)C3CCCC3)C(=O)C2=CN1C1CC1. The second kappa shape index (κ2) is 10.1. The maximum Gasteiger partial charge on any atom is 0.310 e. The number of carbonyl (C=O) groups excluding carboxylic acids is 4. The fourth-order valence-corrected chi connectivity index (χ4v) is 5.56. The van der Waals surface area contributed by atoms with Crippen LogP contribution in [0.5, 0.6) is 0 Å². The molecule has 2 fully saturated rings. The Balaban J connectivity index is 1.57. The van der Waals surface area contributed by atoms with Gasteiger partial charge in [-0.25, -0.2) is 0 Å². The first-order chi connectivity index (χ1) is 17.8. The Hall–Kier alpha value is -3.48. The van der Waals surface area contributed by atoms with Crippen LogP contribution < -0.4 is 0 Å². The van der Waals surface area contributed by atoms with Gasteiger partial charge in [-0.05, 0) is 57.1 Å². The molecule has 194 valence electrons. The maximum atomic E-state index is 14.1. The molecule has 1 aromatic rings. The summed E-state index contributed by atoms with van der Waals surface area (Å²) in [5, 5.41) is 0. The van der Waals surface area contributed by atoms with Gasteiger partial charge in [-0.2, -0.15) is 0 Å². The van der Waals surface area contributed by atoms with E-state index in [-0.39, 0.29) is 17.9 Å². The Morgan fingerprint density at radius 2 is 1.73 bits per heavy atom. The number of rotatable bonds is 8. The molecular formula is C30H33NO6. The van der Waals surface area contributed by atoms with Gasteiger partial charge in [0.2, 0.25) is 17.2 Å². The minimum atomic E-state index is -1.91. The number of allylic oxidation sites excluding steroid dienone is 3. The predicted molar refractivity (Wildman–Crippen MR) is 137 cm³/mol. The maximum absolute atomic E-state index is 14.1. The van der Waals surface area contributed by atoms with E-state index in [2.05, 4.69) is 4.90 Å². The van der Waals surface area contributed by atoms with E-state index >= 15 is 0 Å². The van der Waals surface area contributed by atoms with Crippen LogP contribution in [0.2, 0.25) is 0 Å². The first kappa shape index (κ1) is 25.2. The average molecular weight is 504 g/mol. The minimum absolute atomic E-state index is 0.266. The van der Waals surface area contributed by atoms with Crippen LogP contribution >= 0.6 is 0 Å². The molecule has 0 spiro atoms. The normalized spacial score (nSPS) is 24.0. The van der Waals surface area contributed by atoms with Gasteiger partial charge in [0, 0.05) is 41.1 Å². The number of ether oxygens (including phenoxy) is 2. The molecule has 7 heteroatoms. The molecule has 0 radical (unpaired) electrons. The number of benzene rings is 1. The molecule has 0 N–H and O–H groups in total. The number of fused-ring (bicyclic) bond motifs is 1. The summed E-state index contributed by atoms with van der Waals surface area (Å²) in [5.74, 6) is -1.97. The Morgan fingerprint density at radius 1 is 1.03 bits per heavy atom. The molecular weight excluding hydrogens is 470 g/mol. The molecule has 5 rings (SSSR count). The Kier molecular flexibility index (Phi) is 6.88. The van der Waals surface area contributed by atoms with Crippen molar-refractivity contribution in [2.45, 2.75) is 76.4 Å². The van der Waals surface area contributed by atoms with Crippen LogP contribution in [0.4, 0.5) is 0 Å². The van der Waals surface area contributed by atoms with E-state index in [4.69, 9.17) is 9.47 Å². The van der Waals surface area contributed by atoms with Crippen molar-refractivity contribution >= 4 is 29.1 Å². The third-order valence-corrected chi connectivity index (χ3v) is 7.85. The number of carbonyl (C=O) groups is 4. The van der Waals surface area contributed by atoms with Gasteiger partial charge in [0.15, 0.2) is 0 Å². The topological polar surface area (TPSA) is 90.0 Å². The van der Waals surface area contributed by atoms with Crippen LogP contribution in [0.1, 0.15) is 70.3 Å². The average Bonchev–Trinajstić information content (AvgIpc) is 3.60. The van der Waals surface area contributed by atoms with E-state index in [1.165, 1.54) is 14.0 Å². The van der Waals surface area contributed by atoms with Crippen molar-refractivity contribution in [1.29, 1.82) is 0 Å². The summed E-state index contributed by atoms with van der Waals surface area (Å²) in [6, 6.07) is 9.51. The number of hydrogen-bond donors (Lipinski definition) is 0. The largest absolute Gasteiger partial charge is 0.469 e. The lowest BCUT2D eigenvalue weighted by Crippen LogP contribution is -2.53. The van der Waals surface area contributed by atoms with Crippen molar-refractivity contribution in [3.05, 3.63) is 65.0 Å². The Bertz CT molecular complexity index is 1220. The molecule has 0 aromatic heterocycles. The predicted octanol–water partition coefficient (Wildman–Crippen LogP) is 4.67. The van der Waals surface area contributed by atoms with Crippen LogP contribution in [0, 0.1) is 5.92 Å². The molecule has 1 aromatic carbocycles. The second-order valence-corrected chi connectivity index (χ2v) is 10.5. The van der Waals surface area contributed by atoms with Crippen LogP contribution in [0.25, 0.3) is 5.57 Å². The van der Waals surface area contributed by atoms with Crippen molar-refractivity contribution in [1.82, 2.24) is 4.90 Å². The van der Waals surface area contributed by atoms with E-state index in [9.17, 15) is 19.2 Å². The minimum Gasteiger partial charge on any atom is -0.469 e. The number of Topliss-reactive ketones (excluding diaryl/α,β-unsaturated/α-hetero) is 2.